The first kappa shape index (κ1) is 19.8. The first-order chi connectivity index (χ1) is 11.2. The second kappa shape index (κ2) is 9.22. The Morgan fingerprint density at radius 1 is 1.33 bits per heavy atom. The van der Waals surface area contributed by atoms with Crippen LogP contribution in [-0.2, 0) is 6.54 Å². The van der Waals surface area contributed by atoms with E-state index in [9.17, 15) is 0 Å². The summed E-state index contributed by atoms with van der Waals surface area (Å²) in [7, 11) is 3.90. The van der Waals surface area contributed by atoms with Crippen LogP contribution in [0.15, 0.2) is 29.3 Å². The predicted molar refractivity (Wildman–Crippen MR) is 111 cm³/mol. The molecule has 3 heterocycles. The van der Waals surface area contributed by atoms with Gasteiger partial charge in [-0.1, -0.05) is 23.7 Å². The van der Waals surface area contributed by atoms with Gasteiger partial charge in [0.05, 0.1) is 0 Å². The van der Waals surface area contributed by atoms with Gasteiger partial charge in [-0.3, -0.25) is 14.8 Å². The smallest absolute Gasteiger partial charge is 0.193 e. The van der Waals surface area contributed by atoms with E-state index in [1.807, 2.05) is 25.2 Å². The fourth-order valence-electron chi connectivity index (χ4n) is 3.50. The van der Waals surface area contributed by atoms with E-state index in [4.69, 9.17) is 11.6 Å². The number of hydrogen-bond donors (Lipinski definition) is 1. The Hall–Kier alpha value is -0.570. The second-order valence-electron chi connectivity index (χ2n) is 6.40. The summed E-state index contributed by atoms with van der Waals surface area (Å²) in [4.78, 5) is 11.7. The fourth-order valence-corrected chi connectivity index (χ4v) is 3.71. The highest BCUT2D eigenvalue weighted by Gasteiger charge is 2.31. The minimum absolute atomic E-state index is 0. The lowest BCUT2D eigenvalue weighted by atomic mass is 10.1. The molecular formula is C17H27ClIN5. The molecule has 0 aliphatic carbocycles. The van der Waals surface area contributed by atoms with E-state index in [-0.39, 0.29) is 24.0 Å². The number of fused-ring (bicyclic) bond motifs is 3. The van der Waals surface area contributed by atoms with Crippen molar-refractivity contribution in [2.24, 2.45) is 4.99 Å². The lowest BCUT2D eigenvalue weighted by molar-refractivity contribution is 0.0152. The number of hydrogen-bond acceptors (Lipinski definition) is 3. The molecule has 1 aromatic carbocycles. The highest BCUT2D eigenvalue weighted by molar-refractivity contribution is 14.0. The maximum Gasteiger partial charge on any atom is 0.193 e. The number of nitrogens with zero attached hydrogens (tertiary/aromatic N) is 4. The van der Waals surface area contributed by atoms with Crippen LogP contribution in [0.3, 0.4) is 0 Å². The van der Waals surface area contributed by atoms with Crippen molar-refractivity contribution in [2.75, 3.05) is 53.4 Å². The van der Waals surface area contributed by atoms with Gasteiger partial charge >= 0.3 is 0 Å². The monoisotopic (exact) mass is 463 g/mol. The molecule has 5 nitrogen and oxygen atoms in total. The Bertz CT molecular complexity index is 560. The van der Waals surface area contributed by atoms with Crippen LogP contribution in [0.1, 0.15) is 5.56 Å². The molecule has 3 aliphatic rings. The van der Waals surface area contributed by atoms with Crippen LogP contribution < -0.4 is 5.32 Å². The molecule has 3 saturated heterocycles. The first-order valence-electron chi connectivity index (χ1n) is 8.28. The fraction of sp³-hybridized carbons (Fsp3) is 0.588. The van der Waals surface area contributed by atoms with E-state index in [0.717, 1.165) is 24.1 Å². The van der Waals surface area contributed by atoms with Gasteiger partial charge in [0.1, 0.15) is 0 Å². The standard InChI is InChI=1S/C17H26ClN5.HI/c1-19-17(21(2)12-14-4-3-5-15(18)10-14)20-11-16-13-22-6-8-23(16)9-7-22;/h3-5,10,16H,6-9,11-13H2,1-2H3,(H,19,20);1H. The van der Waals surface area contributed by atoms with Gasteiger partial charge in [-0.15, -0.1) is 24.0 Å². The SMILES string of the molecule is CN=C(NCC1CN2CCN1CC2)N(C)Cc1cccc(Cl)c1.I. The molecule has 24 heavy (non-hydrogen) atoms. The van der Waals surface area contributed by atoms with Gasteiger partial charge in [0.15, 0.2) is 5.96 Å². The summed E-state index contributed by atoms with van der Waals surface area (Å²) in [6.45, 7) is 7.75. The highest BCUT2D eigenvalue weighted by Crippen LogP contribution is 2.15. The van der Waals surface area contributed by atoms with E-state index in [1.165, 1.54) is 38.3 Å². The van der Waals surface area contributed by atoms with Crippen molar-refractivity contribution < 1.29 is 0 Å². The van der Waals surface area contributed by atoms with E-state index < -0.39 is 0 Å². The third-order valence-electron chi connectivity index (χ3n) is 4.77. The lowest BCUT2D eigenvalue weighted by Crippen LogP contribution is -2.63. The molecule has 4 rings (SSSR count). The van der Waals surface area contributed by atoms with E-state index >= 15 is 0 Å². The van der Waals surface area contributed by atoms with Crippen molar-refractivity contribution in [3.05, 3.63) is 34.9 Å². The number of nitrogens with one attached hydrogen (secondary N) is 1. The summed E-state index contributed by atoms with van der Waals surface area (Å²) < 4.78 is 0. The lowest BCUT2D eigenvalue weighted by Gasteiger charge is -2.47. The Morgan fingerprint density at radius 3 is 2.67 bits per heavy atom. The Kier molecular flexibility index (Phi) is 7.59. The van der Waals surface area contributed by atoms with Crippen molar-refractivity contribution in [2.45, 2.75) is 12.6 Å². The molecule has 2 bridgehead atoms. The Morgan fingerprint density at radius 2 is 2.08 bits per heavy atom. The largest absolute Gasteiger partial charge is 0.355 e. The molecule has 0 radical (unpaired) electrons. The summed E-state index contributed by atoms with van der Waals surface area (Å²) >= 11 is 6.07. The predicted octanol–water partition coefficient (Wildman–Crippen LogP) is 1.97. The van der Waals surface area contributed by atoms with E-state index in [1.54, 1.807) is 0 Å². The highest BCUT2D eigenvalue weighted by atomic mass is 127. The quantitative estimate of drug-likeness (QED) is 0.421. The zero-order valence-electron chi connectivity index (χ0n) is 14.4. The van der Waals surface area contributed by atoms with Crippen molar-refractivity contribution >= 4 is 41.5 Å². The van der Waals surface area contributed by atoms with Gasteiger partial charge in [0, 0.05) is 71.0 Å². The number of aliphatic imine (C=N–C) groups is 1. The van der Waals surface area contributed by atoms with Crippen LogP contribution >= 0.6 is 35.6 Å². The number of guanidine groups is 1. The third-order valence-corrected chi connectivity index (χ3v) is 5.01. The summed E-state index contributed by atoms with van der Waals surface area (Å²) in [5.74, 6) is 0.933. The molecule has 1 atom stereocenters. The molecule has 0 amide bonds. The number of piperazine rings is 3. The molecular weight excluding hydrogens is 437 g/mol. The van der Waals surface area contributed by atoms with E-state index in [0.29, 0.717) is 6.04 Å². The topological polar surface area (TPSA) is 34.1 Å². The van der Waals surface area contributed by atoms with Gasteiger partial charge in [-0.25, -0.2) is 0 Å². The van der Waals surface area contributed by atoms with Gasteiger partial charge < -0.3 is 10.2 Å². The maximum atomic E-state index is 6.07. The van der Waals surface area contributed by atoms with Crippen LogP contribution in [0.2, 0.25) is 5.02 Å². The third kappa shape index (κ3) is 4.97. The average Bonchev–Trinajstić information content (AvgIpc) is 2.56. The zero-order valence-corrected chi connectivity index (χ0v) is 17.5. The van der Waals surface area contributed by atoms with Crippen molar-refractivity contribution in [1.29, 1.82) is 0 Å². The normalized spacial score (nSPS) is 26.0. The molecule has 0 spiro atoms. The minimum atomic E-state index is 0. The van der Waals surface area contributed by atoms with Crippen LogP contribution in [0.4, 0.5) is 0 Å². The Balaban J connectivity index is 0.00000208. The van der Waals surface area contributed by atoms with Crippen molar-refractivity contribution in [3.8, 4) is 0 Å². The molecule has 3 aliphatic heterocycles. The molecule has 0 aromatic heterocycles. The zero-order chi connectivity index (χ0) is 16.2. The van der Waals surface area contributed by atoms with E-state index in [2.05, 4.69) is 38.1 Å². The molecule has 1 unspecified atom stereocenters. The van der Waals surface area contributed by atoms with Crippen LogP contribution in [-0.4, -0.2) is 80.1 Å². The Labute approximate surface area is 167 Å². The minimum Gasteiger partial charge on any atom is -0.355 e. The van der Waals surface area contributed by atoms with Crippen molar-refractivity contribution in [1.82, 2.24) is 20.0 Å². The van der Waals surface area contributed by atoms with Crippen LogP contribution in [0.5, 0.6) is 0 Å². The molecule has 1 aromatic rings. The number of benzene rings is 1. The van der Waals surface area contributed by atoms with Crippen molar-refractivity contribution in [3.63, 3.8) is 0 Å². The number of rotatable bonds is 4. The first-order valence-corrected chi connectivity index (χ1v) is 8.66. The maximum absolute atomic E-state index is 6.07. The summed E-state index contributed by atoms with van der Waals surface area (Å²) in [6, 6.07) is 8.58. The van der Waals surface area contributed by atoms with Crippen LogP contribution in [0, 0.1) is 0 Å². The summed E-state index contributed by atoms with van der Waals surface area (Å²) in [5, 5.41) is 4.31. The second-order valence-corrected chi connectivity index (χ2v) is 6.84. The number of halogens is 2. The molecule has 134 valence electrons. The summed E-state index contributed by atoms with van der Waals surface area (Å²) in [5.41, 5.74) is 1.19. The molecule has 1 N–H and O–H groups in total. The van der Waals surface area contributed by atoms with Gasteiger partial charge in [-0.2, -0.15) is 0 Å². The molecule has 3 fully saturated rings. The molecule has 0 saturated carbocycles. The average molecular weight is 464 g/mol. The molecule has 7 heteroatoms. The van der Waals surface area contributed by atoms with Gasteiger partial charge in [0.2, 0.25) is 0 Å². The summed E-state index contributed by atoms with van der Waals surface area (Å²) in [6.07, 6.45) is 0. The van der Waals surface area contributed by atoms with Gasteiger partial charge in [0.25, 0.3) is 0 Å². The van der Waals surface area contributed by atoms with Gasteiger partial charge in [-0.05, 0) is 17.7 Å². The van der Waals surface area contributed by atoms with Crippen LogP contribution in [0.25, 0.3) is 0 Å².